The second kappa shape index (κ2) is 12.1. The zero-order chi connectivity index (χ0) is 26.3. The van der Waals surface area contributed by atoms with E-state index in [1.807, 2.05) is 0 Å². The molecule has 0 bridgehead atoms. The standard InChI is InChI=1S/C25H31N3O7S/c1-4-35-25(31)18-8-10-20(11-9-18)26-24(30)22(17(2)3)27-23(29)19-6-5-7-21(16-19)36(32,33)28-12-14-34-15-13-28/h5-11,16-17,22H,4,12-15H2,1-3H3,(H,26,30)(H,27,29)/t22-/m0/s1. The SMILES string of the molecule is CCOC(=O)c1ccc(NC(=O)[C@@H](NC(=O)c2cccc(S(=O)(=O)N3CCOCC3)c2)C(C)C)cc1. The van der Waals surface area contributed by atoms with Crippen molar-refractivity contribution in [2.45, 2.75) is 31.7 Å². The third kappa shape index (κ3) is 6.68. The zero-order valence-corrected chi connectivity index (χ0v) is 21.3. The van der Waals surface area contributed by atoms with Gasteiger partial charge in [-0.2, -0.15) is 4.31 Å². The first-order valence-electron chi connectivity index (χ1n) is 11.7. The molecule has 0 aliphatic carbocycles. The van der Waals surface area contributed by atoms with E-state index >= 15 is 0 Å². The maximum absolute atomic E-state index is 13.0. The van der Waals surface area contributed by atoms with Crippen LogP contribution in [0.1, 0.15) is 41.5 Å². The molecule has 0 spiro atoms. The van der Waals surface area contributed by atoms with E-state index in [2.05, 4.69) is 10.6 Å². The second-order valence-electron chi connectivity index (χ2n) is 8.53. The van der Waals surface area contributed by atoms with Gasteiger partial charge in [-0.1, -0.05) is 19.9 Å². The summed E-state index contributed by atoms with van der Waals surface area (Å²) in [7, 11) is -3.77. The van der Waals surface area contributed by atoms with Crippen LogP contribution < -0.4 is 10.6 Å². The van der Waals surface area contributed by atoms with Crippen molar-refractivity contribution < 1.29 is 32.3 Å². The molecule has 1 aliphatic heterocycles. The lowest BCUT2D eigenvalue weighted by molar-refractivity contribution is -0.118. The minimum atomic E-state index is -3.77. The van der Waals surface area contributed by atoms with Gasteiger partial charge in [0.15, 0.2) is 0 Å². The lowest BCUT2D eigenvalue weighted by atomic mass is 10.0. The van der Waals surface area contributed by atoms with Crippen LogP contribution in [0.2, 0.25) is 0 Å². The second-order valence-corrected chi connectivity index (χ2v) is 10.5. The van der Waals surface area contributed by atoms with Gasteiger partial charge in [-0.15, -0.1) is 0 Å². The van der Waals surface area contributed by atoms with Gasteiger partial charge in [0, 0.05) is 24.3 Å². The van der Waals surface area contributed by atoms with Crippen LogP contribution in [-0.2, 0) is 24.3 Å². The number of amides is 2. The number of benzene rings is 2. The summed E-state index contributed by atoms with van der Waals surface area (Å²) in [6, 6.07) is 11.1. The van der Waals surface area contributed by atoms with Crippen molar-refractivity contribution in [1.82, 2.24) is 9.62 Å². The van der Waals surface area contributed by atoms with Gasteiger partial charge in [0.05, 0.1) is 30.3 Å². The summed E-state index contributed by atoms with van der Waals surface area (Å²) >= 11 is 0. The van der Waals surface area contributed by atoms with Crippen molar-refractivity contribution >= 4 is 33.5 Å². The third-order valence-electron chi connectivity index (χ3n) is 5.60. The number of hydrogen-bond acceptors (Lipinski definition) is 7. The lowest BCUT2D eigenvalue weighted by Crippen LogP contribution is -2.47. The first-order valence-corrected chi connectivity index (χ1v) is 13.1. The number of carbonyl (C=O) groups is 3. The smallest absolute Gasteiger partial charge is 0.338 e. The number of nitrogens with one attached hydrogen (secondary N) is 2. The quantitative estimate of drug-likeness (QED) is 0.488. The van der Waals surface area contributed by atoms with Gasteiger partial charge >= 0.3 is 5.97 Å². The predicted molar refractivity (Wildman–Crippen MR) is 133 cm³/mol. The average Bonchev–Trinajstić information content (AvgIpc) is 2.88. The van der Waals surface area contributed by atoms with Crippen LogP contribution in [0, 0.1) is 5.92 Å². The monoisotopic (exact) mass is 517 g/mol. The number of morpholine rings is 1. The highest BCUT2D eigenvalue weighted by Crippen LogP contribution is 2.19. The van der Waals surface area contributed by atoms with Crippen molar-refractivity contribution in [2.24, 2.45) is 5.92 Å². The van der Waals surface area contributed by atoms with Crippen LogP contribution in [-0.4, -0.2) is 69.5 Å². The maximum Gasteiger partial charge on any atom is 0.338 e. The molecule has 2 aromatic rings. The normalized spacial score (nSPS) is 15.2. The van der Waals surface area contributed by atoms with E-state index in [-0.39, 0.29) is 36.1 Å². The van der Waals surface area contributed by atoms with Crippen LogP contribution in [0.3, 0.4) is 0 Å². The van der Waals surface area contributed by atoms with Crippen molar-refractivity contribution in [3.63, 3.8) is 0 Å². The first kappa shape index (κ1) is 27.3. The number of rotatable bonds is 9. The zero-order valence-electron chi connectivity index (χ0n) is 20.5. The topological polar surface area (TPSA) is 131 Å². The van der Waals surface area contributed by atoms with Crippen LogP contribution >= 0.6 is 0 Å². The summed E-state index contributed by atoms with van der Waals surface area (Å²) < 4.78 is 37.4. The fourth-order valence-electron chi connectivity index (χ4n) is 3.62. The molecule has 1 atom stereocenters. The Kier molecular flexibility index (Phi) is 9.19. The molecule has 2 aromatic carbocycles. The Labute approximate surface area is 211 Å². The highest BCUT2D eigenvalue weighted by atomic mass is 32.2. The largest absolute Gasteiger partial charge is 0.462 e. The van der Waals surface area contributed by atoms with Crippen LogP contribution in [0.15, 0.2) is 53.4 Å². The highest BCUT2D eigenvalue weighted by molar-refractivity contribution is 7.89. The number of ether oxygens (including phenoxy) is 2. The summed E-state index contributed by atoms with van der Waals surface area (Å²) in [5.74, 6) is -1.73. The van der Waals surface area contributed by atoms with E-state index in [1.54, 1.807) is 32.9 Å². The fraction of sp³-hybridized carbons (Fsp3) is 0.400. The lowest BCUT2D eigenvalue weighted by Gasteiger charge is -2.26. The Morgan fingerprint density at radius 3 is 2.31 bits per heavy atom. The molecular weight excluding hydrogens is 486 g/mol. The Morgan fingerprint density at radius 2 is 1.69 bits per heavy atom. The molecule has 2 N–H and O–H groups in total. The molecule has 10 nitrogen and oxygen atoms in total. The number of anilines is 1. The Hall–Kier alpha value is -3.28. The molecule has 2 amide bonds. The molecule has 1 aliphatic rings. The van der Waals surface area contributed by atoms with Gasteiger partial charge in [0.25, 0.3) is 5.91 Å². The summed E-state index contributed by atoms with van der Waals surface area (Å²) in [6.07, 6.45) is 0. The van der Waals surface area contributed by atoms with E-state index < -0.39 is 33.8 Å². The van der Waals surface area contributed by atoms with Crippen molar-refractivity contribution in [1.29, 1.82) is 0 Å². The number of hydrogen-bond donors (Lipinski definition) is 2. The van der Waals surface area contributed by atoms with Gasteiger partial charge in [0.1, 0.15) is 6.04 Å². The number of esters is 1. The number of sulfonamides is 1. The van der Waals surface area contributed by atoms with Crippen molar-refractivity contribution in [3.8, 4) is 0 Å². The maximum atomic E-state index is 13.0. The molecule has 0 radical (unpaired) electrons. The summed E-state index contributed by atoms with van der Waals surface area (Å²) in [6.45, 7) is 6.67. The van der Waals surface area contributed by atoms with E-state index in [0.717, 1.165) is 0 Å². The summed E-state index contributed by atoms with van der Waals surface area (Å²) in [5, 5.41) is 5.44. The highest BCUT2D eigenvalue weighted by Gasteiger charge is 2.28. The van der Waals surface area contributed by atoms with E-state index in [1.165, 1.54) is 40.7 Å². The molecule has 0 saturated carbocycles. The molecule has 11 heteroatoms. The van der Waals surface area contributed by atoms with E-state index in [0.29, 0.717) is 24.5 Å². The molecule has 1 heterocycles. The van der Waals surface area contributed by atoms with Gasteiger partial charge in [-0.05, 0) is 55.3 Å². The third-order valence-corrected chi connectivity index (χ3v) is 7.50. The van der Waals surface area contributed by atoms with E-state index in [4.69, 9.17) is 9.47 Å². The molecule has 3 rings (SSSR count). The number of carbonyl (C=O) groups excluding carboxylic acids is 3. The van der Waals surface area contributed by atoms with Gasteiger partial charge in [-0.25, -0.2) is 13.2 Å². The van der Waals surface area contributed by atoms with Crippen molar-refractivity contribution in [2.75, 3.05) is 38.2 Å². The molecular formula is C25H31N3O7S. The molecule has 0 unspecified atom stereocenters. The van der Waals surface area contributed by atoms with E-state index in [9.17, 15) is 22.8 Å². The molecule has 1 saturated heterocycles. The van der Waals surface area contributed by atoms with Crippen LogP contribution in [0.4, 0.5) is 5.69 Å². The Bertz CT molecular complexity index is 1190. The molecule has 1 fully saturated rings. The van der Waals surface area contributed by atoms with Crippen LogP contribution in [0.25, 0.3) is 0 Å². The Morgan fingerprint density at radius 1 is 1.03 bits per heavy atom. The molecule has 36 heavy (non-hydrogen) atoms. The average molecular weight is 518 g/mol. The molecule has 194 valence electrons. The predicted octanol–water partition coefficient (Wildman–Crippen LogP) is 2.28. The van der Waals surface area contributed by atoms with Crippen molar-refractivity contribution in [3.05, 3.63) is 59.7 Å². The fourth-order valence-corrected chi connectivity index (χ4v) is 5.07. The molecule has 0 aromatic heterocycles. The summed E-state index contributed by atoms with van der Waals surface area (Å²) in [5.41, 5.74) is 0.934. The first-order chi connectivity index (χ1) is 17.1. The summed E-state index contributed by atoms with van der Waals surface area (Å²) in [4.78, 5) is 37.7. The van der Waals surface area contributed by atoms with Crippen LogP contribution in [0.5, 0.6) is 0 Å². The van der Waals surface area contributed by atoms with Gasteiger partial charge in [-0.3, -0.25) is 9.59 Å². The minimum Gasteiger partial charge on any atom is -0.462 e. The van der Waals surface area contributed by atoms with Gasteiger partial charge in [0.2, 0.25) is 15.9 Å². The number of nitrogens with zero attached hydrogens (tertiary/aromatic N) is 1. The van der Waals surface area contributed by atoms with Gasteiger partial charge < -0.3 is 20.1 Å². The Balaban J connectivity index is 1.70. The minimum absolute atomic E-state index is 0.00397.